The van der Waals surface area contributed by atoms with Gasteiger partial charge in [-0.05, 0) is 53.7 Å². The summed E-state index contributed by atoms with van der Waals surface area (Å²) in [6, 6.07) is 11.6. The van der Waals surface area contributed by atoms with Gasteiger partial charge in [0.05, 0.1) is 6.26 Å². The number of rotatable bonds is 6. The van der Waals surface area contributed by atoms with Crippen molar-refractivity contribution in [2.45, 2.75) is 16.9 Å². The van der Waals surface area contributed by atoms with E-state index in [-0.39, 0.29) is 28.8 Å². The van der Waals surface area contributed by atoms with Gasteiger partial charge in [-0.2, -0.15) is 13.2 Å². The molecule has 0 heterocycles. The molecule has 0 aliphatic rings. The number of amides is 1. The lowest BCUT2D eigenvalue weighted by Crippen LogP contribution is -2.22. The summed E-state index contributed by atoms with van der Waals surface area (Å²) in [5.74, 6) is -0.449. The Bertz CT molecular complexity index is 882. The van der Waals surface area contributed by atoms with Gasteiger partial charge in [0, 0.05) is 22.7 Å². The van der Waals surface area contributed by atoms with Crippen molar-refractivity contribution in [2.24, 2.45) is 0 Å². The SMILES string of the molecule is CS(=O)(=O)Nc1cccc(CNC(=O)c2ccc(SC(F)(F)F)cc2)c1. The maximum atomic E-state index is 12.3. The molecule has 0 atom stereocenters. The van der Waals surface area contributed by atoms with E-state index in [2.05, 4.69) is 10.0 Å². The molecule has 2 rings (SSSR count). The first-order valence-corrected chi connectivity index (χ1v) is 9.93. The van der Waals surface area contributed by atoms with Gasteiger partial charge in [-0.3, -0.25) is 9.52 Å². The topological polar surface area (TPSA) is 75.3 Å². The molecule has 0 unspecified atom stereocenters. The molecule has 1 amide bonds. The fourth-order valence-electron chi connectivity index (χ4n) is 2.05. The highest BCUT2D eigenvalue weighted by Gasteiger charge is 2.29. The Balaban J connectivity index is 1.97. The molecular formula is C16H15F3N2O3S2. The molecule has 2 N–H and O–H groups in total. The Morgan fingerprint density at radius 3 is 2.35 bits per heavy atom. The molecule has 0 aliphatic heterocycles. The van der Waals surface area contributed by atoms with Crippen LogP contribution in [0, 0.1) is 0 Å². The van der Waals surface area contributed by atoms with Crippen molar-refractivity contribution < 1.29 is 26.4 Å². The Kier molecular flexibility index (Phi) is 6.19. The molecule has 0 saturated heterocycles. The van der Waals surface area contributed by atoms with Crippen LogP contribution >= 0.6 is 11.8 Å². The number of halogens is 3. The first kappa shape index (κ1) is 20.1. The summed E-state index contributed by atoms with van der Waals surface area (Å²) in [6.07, 6.45) is 1.03. The summed E-state index contributed by atoms with van der Waals surface area (Å²) < 4.78 is 61.6. The number of thioether (sulfide) groups is 1. The van der Waals surface area contributed by atoms with Crippen LogP contribution in [0.2, 0.25) is 0 Å². The van der Waals surface area contributed by atoms with Crippen LogP contribution in [0.1, 0.15) is 15.9 Å². The van der Waals surface area contributed by atoms with Crippen LogP contribution in [0.15, 0.2) is 53.4 Å². The molecule has 140 valence electrons. The van der Waals surface area contributed by atoms with Gasteiger partial charge in [0.25, 0.3) is 5.91 Å². The summed E-state index contributed by atoms with van der Waals surface area (Å²) in [7, 11) is -3.40. The number of carbonyl (C=O) groups excluding carboxylic acids is 1. The zero-order valence-electron chi connectivity index (χ0n) is 13.5. The second-order valence-corrected chi connectivity index (χ2v) is 8.22. The predicted molar refractivity (Wildman–Crippen MR) is 94.4 cm³/mol. The van der Waals surface area contributed by atoms with Gasteiger partial charge in [-0.25, -0.2) is 8.42 Å². The molecule has 2 aromatic rings. The number of sulfonamides is 1. The van der Waals surface area contributed by atoms with E-state index in [1.165, 1.54) is 24.3 Å². The molecule has 5 nitrogen and oxygen atoms in total. The molecule has 0 saturated carbocycles. The average Bonchev–Trinajstić information content (AvgIpc) is 2.50. The van der Waals surface area contributed by atoms with Crippen LogP contribution in [0.25, 0.3) is 0 Å². The number of benzene rings is 2. The highest BCUT2D eigenvalue weighted by Crippen LogP contribution is 2.36. The first-order valence-electron chi connectivity index (χ1n) is 7.22. The first-order chi connectivity index (χ1) is 12.0. The van der Waals surface area contributed by atoms with Crippen molar-refractivity contribution in [3.8, 4) is 0 Å². The van der Waals surface area contributed by atoms with Crippen LogP contribution in [-0.4, -0.2) is 26.1 Å². The van der Waals surface area contributed by atoms with Gasteiger partial charge in [0.2, 0.25) is 10.0 Å². The molecule has 26 heavy (non-hydrogen) atoms. The molecule has 0 bridgehead atoms. The van der Waals surface area contributed by atoms with Crippen LogP contribution in [0.4, 0.5) is 18.9 Å². The second kappa shape index (κ2) is 8.00. The number of nitrogens with one attached hydrogen (secondary N) is 2. The van der Waals surface area contributed by atoms with E-state index in [0.717, 1.165) is 6.26 Å². The maximum Gasteiger partial charge on any atom is 0.446 e. The summed E-state index contributed by atoms with van der Waals surface area (Å²) in [4.78, 5) is 12.1. The number of hydrogen-bond acceptors (Lipinski definition) is 4. The molecule has 10 heteroatoms. The fourth-order valence-corrected chi connectivity index (χ4v) is 3.15. The summed E-state index contributed by atoms with van der Waals surface area (Å²) >= 11 is -0.250. The van der Waals surface area contributed by atoms with Crippen LogP contribution in [0.3, 0.4) is 0 Å². The Hall–Kier alpha value is -2.20. The van der Waals surface area contributed by atoms with Gasteiger partial charge < -0.3 is 5.32 Å². The molecule has 0 aromatic heterocycles. The fraction of sp³-hybridized carbons (Fsp3) is 0.188. The van der Waals surface area contributed by atoms with Crippen LogP contribution in [-0.2, 0) is 16.6 Å². The van der Waals surface area contributed by atoms with Crippen molar-refractivity contribution in [3.63, 3.8) is 0 Å². The monoisotopic (exact) mass is 404 g/mol. The van der Waals surface area contributed by atoms with E-state index in [1.54, 1.807) is 24.3 Å². The van der Waals surface area contributed by atoms with Gasteiger partial charge in [-0.1, -0.05) is 12.1 Å². The predicted octanol–water partition coefficient (Wildman–Crippen LogP) is 3.60. The molecule has 0 aliphatic carbocycles. The third kappa shape index (κ3) is 6.96. The normalized spacial score (nSPS) is 11.8. The quantitative estimate of drug-likeness (QED) is 0.722. The Morgan fingerprint density at radius 2 is 1.77 bits per heavy atom. The van der Waals surface area contributed by atoms with E-state index < -0.39 is 21.4 Å². The number of hydrogen-bond donors (Lipinski definition) is 2. The summed E-state index contributed by atoms with van der Waals surface area (Å²) in [5.41, 5.74) is -3.12. The summed E-state index contributed by atoms with van der Waals surface area (Å²) in [5, 5.41) is 2.63. The number of alkyl halides is 3. The number of anilines is 1. The van der Waals surface area contributed by atoms with Crippen LogP contribution < -0.4 is 10.0 Å². The van der Waals surface area contributed by atoms with Crippen molar-refractivity contribution in [3.05, 3.63) is 59.7 Å². The molecule has 2 aromatic carbocycles. The average molecular weight is 404 g/mol. The van der Waals surface area contributed by atoms with E-state index in [9.17, 15) is 26.4 Å². The Labute approximate surface area is 153 Å². The molecule has 0 fully saturated rings. The van der Waals surface area contributed by atoms with Crippen molar-refractivity contribution >= 4 is 33.4 Å². The highest BCUT2D eigenvalue weighted by atomic mass is 32.2. The zero-order valence-corrected chi connectivity index (χ0v) is 15.1. The lowest BCUT2D eigenvalue weighted by molar-refractivity contribution is -0.0328. The minimum Gasteiger partial charge on any atom is -0.348 e. The Morgan fingerprint density at radius 1 is 1.12 bits per heavy atom. The lowest BCUT2D eigenvalue weighted by Gasteiger charge is -2.09. The lowest BCUT2D eigenvalue weighted by atomic mass is 10.2. The highest BCUT2D eigenvalue weighted by molar-refractivity contribution is 8.00. The van der Waals surface area contributed by atoms with Gasteiger partial charge in [0.15, 0.2) is 0 Å². The van der Waals surface area contributed by atoms with E-state index in [4.69, 9.17) is 0 Å². The minimum atomic E-state index is -4.38. The van der Waals surface area contributed by atoms with Gasteiger partial charge >= 0.3 is 5.51 Å². The molecular weight excluding hydrogens is 389 g/mol. The van der Waals surface area contributed by atoms with Gasteiger partial charge in [0.1, 0.15) is 0 Å². The third-order valence-electron chi connectivity index (χ3n) is 3.03. The van der Waals surface area contributed by atoms with Crippen molar-refractivity contribution in [1.82, 2.24) is 5.32 Å². The maximum absolute atomic E-state index is 12.3. The van der Waals surface area contributed by atoms with Crippen LogP contribution in [0.5, 0.6) is 0 Å². The molecule has 0 radical (unpaired) electrons. The van der Waals surface area contributed by atoms with Crippen molar-refractivity contribution in [1.29, 1.82) is 0 Å². The van der Waals surface area contributed by atoms with E-state index in [1.807, 2.05) is 0 Å². The standard InChI is InChI=1S/C16H15F3N2O3S2/c1-26(23,24)21-13-4-2-3-11(9-13)10-20-15(22)12-5-7-14(8-6-12)25-16(17,18)19/h2-9,21H,10H2,1H3,(H,20,22). The zero-order chi connectivity index (χ0) is 19.4. The summed E-state index contributed by atoms with van der Waals surface area (Å²) in [6.45, 7) is 0.136. The van der Waals surface area contributed by atoms with E-state index in [0.29, 0.717) is 11.3 Å². The molecule has 0 spiro atoms. The number of carbonyl (C=O) groups is 1. The van der Waals surface area contributed by atoms with Gasteiger partial charge in [-0.15, -0.1) is 0 Å². The second-order valence-electron chi connectivity index (χ2n) is 5.33. The smallest absolute Gasteiger partial charge is 0.348 e. The van der Waals surface area contributed by atoms with E-state index >= 15 is 0 Å². The largest absolute Gasteiger partial charge is 0.446 e. The van der Waals surface area contributed by atoms with Crippen molar-refractivity contribution in [2.75, 3.05) is 11.0 Å². The minimum absolute atomic E-state index is 0.00593. The third-order valence-corrected chi connectivity index (χ3v) is 4.38.